The summed E-state index contributed by atoms with van der Waals surface area (Å²) in [4.78, 5) is 43.9. The molecular weight excluding hydrogens is 406 g/mol. The third kappa shape index (κ3) is 5.73. The van der Waals surface area contributed by atoms with E-state index in [1.165, 1.54) is 17.9 Å². The van der Waals surface area contributed by atoms with Gasteiger partial charge in [0.2, 0.25) is 11.8 Å². The standard InChI is InChI=1S/C24H33N5O3/c30-22-11-10-21(25-29(22)18-20-8-4-3-5-9-20)24(32)28-16-14-26(15-17-28)19-23(31)27-12-6-1-2-7-13-27/h3-5,8-9H,1-2,6-7,10-19H2. The van der Waals surface area contributed by atoms with Gasteiger partial charge in [0.25, 0.3) is 5.91 Å². The molecule has 0 saturated carbocycles. The Morgan fingerprint density at radius 3 is 2.19 bits per heavy atom. The molecule has 3 heterocycles. The van der Waals surface area contributed by atoms with Crippen LogP contribution in [0.25, 0.3) is 0 Å². The molecular formula is C24H33N5O3. The van der Waals surface area contributed by atoms with Gasteiger partial charge in [-0.2, -0.15) is 5.10 Å². The second-order valence-corrected chi connectivity index (χ2v) is 8.85. The van der Waals surface area contributed by atoms with Crippen molar-refractivity contribution in [3.05, 3.63) is 35.9 Å². The highest BCUT2D eigenvalue weighted by atomic mass is 16.2. The van der Waals surface area contributed by atoms with Gasteiger partial charge in [-0.05, 0) is 18.4 Å². The number of amides is 3. The van der Waals surface area contributed by atoms with E-state index in [1.807, 2.05) is 40.1 Å². The summed E-state index contributed by atoms with van der Waals surface area (Å²) in [5.41, 5.74) is 1.44. The van der Waals surface area contributed by atoms with Crippen LogP contribution in [0.2, 0.25) is 0 Å². The number of rotatable bonds is 5. The minimum Gasteiger partial charge on any atom is -0.342 e. The molecule has 1 aromatic rings. The van der Waals surface area contributed by atoms with Crippen molar-refractivity contribution in [1.29, 1.82) is 0 Å². The van der Waals surface area contributed by atoms with Crippen LogP contribution in [0.15, 0.2) is 35.4 Å². The zero-order valence-electron chi connectivity index (χ0n) is 18.7. The summed E-state index contributed by atoms with van der Waals surface area (Å²) in [5.74, 6) is 0.0645. The quantitative estimate of drug-likeness (QED) is 0.700. The molecule has 0 atom stereocenters. The number of hydrazone groups is 1. The van der Waals surface area contributed by atoms with E-state index in [1.54, 1.807) is 0 Å². The topological polar surface area (TPSA) is 76.5 Å². The highest BCUT2D eigenvalue weighted by Gasteiger charge is 2.30. The molecule has 8 nitrogen and oxygen atoms in total. The molecule has 8 heteroatoms. The van der Waals surface area contributed by atoms with Gasteiger partial charge in [0.1, 0.15) is 5.71 Å². The zero-order valence-corrected chi connectivity index (χ0v) is 18.7. The van der Waals surface area contributed by atoms with Crippen molar-refractivity contribution in [2.24, 2.45) is 5.10 Å². The van der Waals surface area contributed by atoms with Gasteiger partial charge in [0, 0.05) is 52.1 Å². The Kier molecular flexibility index (Phi) is 7.52. The summed E-state index contributed by atoms with van der Waals surface area (Å²) in [6, 6.07) is 9.68. The predicted molar refractivity (Wildman–Crippen MR) is 122 cm³/mol. The molecule has 172 valence electrons. The molecule has 4 rings (SSSR count). The van der Waals surface area contributed by atoms with Crippen LogP contribution >= 0.6 is 0 Å². The van der Waals surface area contributed by atoms with Crippen LogP contribution < -0.4 is 0 Å². The molecule has 32 heavy (non-hydrogen) atoms. The third-order valence-corrected chi connectivity index (χ3v) is 6.50. The zero-order chi connectivity index (χ0) is 22.3. The van der Waals surface area contributed by atoms with Gasteiger partial charge in [-0.25, -0.2) is 5.01 Å². The predicted octanol–water partition coefficient (Wildman–Crippen LogP) is 1.71. The van der Waals surface area contributed by atoms with Crippen molar-refractivity contribution in [2.75, 3.05) is 45.8 Å². The van der Waals surface area contributed by atoms with Crippen LogP contribution in [0.1, 0.15) is 44.1 Å². The van der Waals surface area contributed by atoms with E-state index in [9.17, 15) is 14.4 Å². The lowest BCUT2D eigenvalue weighted by atomic mass is 10.1. The Balaban J connectivity index is 1.29. The maximum Gasteiger partial charge on any atom is 0.270 e. The number of carbonyl (C=O) groups excluding carboxylic acids is 3. The van der Waals surface area contributed by atoms with Crippen molar-refractivity contribution >= 4 is 23.4 Å². The van der Waals surface area contributed by atoms with Crippen LogP contribution in [-0.2, 0) is 20.9 Å². The number of hydrogen-bond donors (Lipinski definition) is 0. The van der Waals surface area contributed by atoms with Gasteiger partial charge in [-0.1, -0.05) is 43.2 Å². The number of benzene rings is 1. The first kappa shape index (κ1) is 22.5. The van der Waals surface area contributed by atoms with E-state index in [2.05, 4.69) is 10.0 Å². The fourth-order valence-corrected chi connectivity index (χ4v) is 4.54. The smallest absolute Gasteiger partial charge is 0.270 e. The minimum atomic E-state index is -0.0888. The first-order chi connectivity index (χ1) is 15.6. The molecule has 0 N–H and O–H groups in total. The van der Waals surface area contributed by atoms with Gasteiger partial charge in [0.05, 0.1) is 13.1 Å². The summed E-state index contributed by atoms with van der Waals surface area (Å²) in [7, 11) is 0. The molecule has 2 fully saturated rings. The van der Waals surface area contributed by atoms with Crippen LogP contribution in [0.4, 0.5) is 0 Å². The second kappa shape index (κ2) is 10.7. The summed E-state index contributed by atoms with van der Waals surface area (Å²) in [6.07, 6.45) is 5.31. The molecule has 0 radical (unpaired) electrons. The molecule has 1 aromatic carbocycles. The Morgan fingerprint density at radius 2 is 1.50 bits per heavy atom. The van der Waals surface area contributed by atoms with Crippen molar-refractivity contribution in [3.63, 3.8) is 0 Å². The minimum absolute atomic E-state index is 0.0535. The van der Waals surface area contributed by atoms with E-state index in [0.717, 1.165) is 31.5 Å². The fourth-order valence-electron chi connectivity index (χ4n) is 4.54. The largest absolute Gasteiger partial charge is 0.342 e. The average molecular weight is 440 g/mol. The Bertz CT molecular complexity index is 840. The molecule has 0 aliphatic carbocycles. The van der Waals surface area contributed by atoms with E-state index in [-0.39, 0.29) is 17.7 Å². The van der Waals surface area contributed by atoms with Crippen LogP contribution in [0.3, 0.4) is 0 Å². The number of hydrogen-bond acceptors (Lipinski definition) is 5. The van der Waals surface area contributed by atoms with Crippen molar-refractivity contribution < 1.29 is 14.4 Å². The van der Waals surface area contributed by atoms with E-state index >= 15 is 0 Å². The highest BCUT2D eigenvalue weighted by Crippen LogP contribution is 2.16. The van der Waals surface area contributed by atoms with Gasteiger partial charge >= 0.3 is 0 Å². The normalized spacial score (nSPS) is 20.7. The SMILES string of the molecule is O=C(CN1CCN(C(=O)C2=NN(Cc3ccccc3)C(=O)CC2)CC1)N1CCCCCC1. The van der Waals surface area contributed by atoms with Gasteiger partial charge in [0.15, 0.2) is 0 Å². The Labute approximate surface area is 189 Å². The third-order valence-electron chi connectivity index (χ3n) is 6.50. The lowest BCUT2D eigenvalue weighted by Gasteiger charge is -2.36. The average Bonchev–Trinajstić information content (AvgIpc) is 3.11. The van der Waals surface area contributed by atoms with E-state index in [0.29, 0.717) is 57.8 Å². The van der Waals surface area contributed by atoms with Gasteiger partial charge < -0.3 is 9.80 Å². The molecule has 2 saturated heterocycles. The van der Waals surface area contributed by atoms with Crippen LogP contribution in [0.5, 0.6) is 0 Å². The number of piperazine rings is 1. The first-order valence-corrected chi connectivity index (χ1v) is 11.8. The van der Waals surface area contributed by atoms with E-state index < -0.39 is 0 Å². The van der Waals surface area contributed by atoms with Crippen LogP contribution in [0, 0.1) is 0 Å². The van der Waals surface area contributed by atoms with Crippen LogP contribution in [-0.4, -0.2) is 89.0 Å². The first-order valence-electron chi connectivity index (χ1n) is 11.8. The van der Waals surface area contributed by atoms with Gasteiger partial charge in [-0.15, -0.1) is 0 Å². The van der Waals surface area contributed by atoms with Crippen molar-refractivity contribution in [1.82, 2.24) is 19.7 Å². The molecule has 3 aliphatic rings. The maximum atomic E-state index is 13.0. The van der Waals surface area contributed by atoms with Crippen molar-refractivity contribution in [2.45, 2.75) is 45.1 Å². The van der Waals surface area contributed by atoms with E-state index in [4.69, 9.17) is 0 Å². The molecule has 0 bridgehead atoms. The van der Waals surface area contributed by atoms with Crippen molar-refractivity contribution in [3.8, 4) is 0 Å². The lowest BCUT2D eigenvalue weighted by molar-refractivity contribution is -0.133. The number of nitrogens with zero attached hydrogens (tertiary/aromatic N) is 5. The molecule has 3 amide bonds. The fraction of sp³-hybridized carbons (Fsp3) is 0.583. The Morgan fingerprint density at radius 1 is 0.812 bits per heavy atom. The molecule has 3 aliphatic heterocycles. The van der Waals surface area contributed by atoms with Gasteiger partial charge in [-0.3, -0.25) is 19.3 Å². The summed E-state index contributed by atoms with van der Waals surface area (Å²) < 4.78 is 0. The number of carbonyl (C=O) groups is 3. The highest BCUT2D eigenvalue weighted by molar-refractivity contribution is 6.39. The summed E-state index contributed by atoms with van der Waals surface area (Å²) in [5, 5.41) is 5.82. The summed E-state index contributed by atoms with van der Waals surface area (Å²) in [6.45, 7) is 5.09. The number of likely N-dealkylation sites (tertiary alicyclic amines) is 1. The Hall–Kier alpha value is -2.74. The molecule has 0 aromatic heterocycles. The second-order valence-electron chi connectivity index (χ2n) is 8.85. The molecule has 0 unspecified atom stereocenters. The molecule has 0 spiro atoms. The monoisotopic (exact) mass is 439 g/mol. The lowest BCUT2D eigenvalue weighted by Crippen LogP contribution is -2.53. The maximum absolute atomic E-state index is 13.0. The summed E-state index contributed by atoms with van der Waals surface area (Å²) >= 11 is 0.